The number of nitrogens with two attached hydrogens (primary N) is 1. The van der Waals surface area contributed by atoms with Gasteiger partial charge in [0, 0.05) is 12.6 Å². The van der Waals surface area contributed by atoms with Crippen molar-refractivity contribution >= 4 is 40.3 Å². The maximum atomic E-state index is 13.3. The van der Waals surface area contributed by atoms with Crippen molar-refractivity contribution in [1.29, 1.82) is 0 Å². The molecular weight excluding hydrogens is 273 g/mol. The minimum Gasteiger partial charge on any atom is -0.369 e. The Hall–Kier alpha value is -0.940. The van der Waals surface area contributed by atoms with Crippen LogP contribution in [0.2, 0.25) is 5.02 Å². The van der Waals surface area contributed by atoms with E-state index in [4.69, 9.17) is 17.3 Å². The third-order valence-electron chi connectivity index (χ3n) is 2.77. The summed E-state index contributed by atoms with van der Waals surface area (Å²) in [4.78, 5) is 4.16. The van der Waals surface area contributed by atoms with Crippen molar-refractivity contribution in [2.24, 2.45) is 5.92 Å². The van der Waals surface area contributed by atoms with Gasteiger partial charge in [0.1, 0.15) is 5.82 Å². The van der Waals surface area contributed by atoms with E-state index in [0.29, 0.717) is 17.4 Å². The number of benzene rings is 1. The number of thioether (sulfide) groups is 1. The summed E-state index contributed by atoms with van der Waals surface area (Å²) in [6.45, 7) is 2.90. The lowest BCUT2D eigenvalue weighted by Crippen LogP contribution is -2.12. The van der Waals surface area contributed by atoms with Crippen LogP contribution in [0.4, 0.5) is 10.3 Å². The summed E-state index contributed by atoms with van der Waals surface area (Å²) in [5, 5.41) is 0.0983. The molecule has 1 aromatic carbocycles. The van der Waals surface area contributed by atoms with E-state index in [0.717, 1.165) is 17.8 Å². The Balaban J connectivity index is 2.43. The van der Waals surface area contributed by atoms with Crippen molar-refractivity contribution in [1.82, 2.24) is 9.55 Å². The first-order valence-corrected chi connectivity index (χ1v) is 7.39. The number of halogens is 2. The Morgan fingerprint density at radius 1 is 1.56 bits per heavy atom. The molecule has 0 amide bonds. The van der Waals surface area contributed by atoms with Gasteiger partial charge in [0.05, 0.1) is 16.1 Å². The molecule has 3 nitrogen and oxygen atoms in total. The summed E-state index contributed by atoms with van der Waals surface area (Å²) in [5.74, 6) is 1.43. The molecule has 0 saturated carbocycles. The highest BCUT2D eigenvalue weighted by Crippen LogP contribution is 2.25. The first-order valence-electron chi connectivity index (χ1n) is 5.62. The molecule has 0 aliphatic rings. The van der Waals surface area contributed by atoms with Gasteiger partial charge < -0.3 is 10.3 Å². The maximum Gasteiger partial charge on any atom is 0.201 e. The van der Waals surface area contributed by atoms with Crippen LogP contribution in [0.5, 0.6) is 0 Å². The summed E-state index contributed by atoms with van der Waals surface area (Å²) in [5.41, 5.74) is 7.21. The summed E-state index contributed by atoms with van der Waals surface area (Å²) < 4.78 is 15.2. The molecule has 1 atom stereocenters. The van der Waals surface area contributed by atoms with Crippen LogP contribution in [0, 0.1) is 11.7 Å². The smallest absolute Gasteiger partial charge is 0.201 e. The zero-order valence-corrected chi connectivity index (χ0v) is 11.9. The maximum absolute atomic E-state index is 13.3. The normalized spacial score (nSPS) is 13.1. The summed E-state index contributed by atoms with van der Waals surface area (Å²) >= 11 is 7.59. The first kappa shape index (κ1) is 13.5. The molecule has 1 unspecified atom stereocenters. The number of hydrogen-bond donors (Lipinski definition) is 1. The summed E-state index contributed by atoms with van der Waals surface area (Å²) in [6.07, 6.45) is 2.07. The number of nitrogens with zero attached hydrogens (tertiary/aromatic N) is 2. The fraction of sp³-hybridized carbons (Fsp3) is 0.417. The highest BCUT2D eigenvalue weighted by atomic mass is 35.5. The molecule has 1 heterocycles. The van der Waals surface area contributed by atoms with E-state index in [1.54, 1.807) is 17.8 Å². The van der Waals surface area contributed by atoms with Gasteiger partial charge in [-0.25, -0.2) is 9.37 Å². The second-order valence-electron chi connectivity index (χ2n) is 4.40. The highest BCUT2D eigenvalue weighted by Gasteiger charge is 2.13. The summed E-state index contributed by atoms with van der Waals surface area (Å²) in [7, 11) is 0. The van der Waals surface area contributed by atoms with E-state index in [1.165, 1.54) is 6.07 Å². The Bertz CT molecular complexity index is 570. The number of anilines is 1. The predicted molar refractivity (Wildman–Crippen MR) is 76.7 cm³/mol. The Labute approximate surface area is 115 Å². The zero-order chi connectivity index (χ0) is 13.3. The van der Waals surface area contributed by atoms with E-state index in [2.05, 4.69) is 18.2 Å². The molecule has 0 bridgehead atoms. The summed E-state index contributed by atoms with van der Waals surface area (Å²) in [6, 6.07) is 2.91. The Morgan fingerprint density at radius 3 is 2.94 bits per heavy atom. The molecule has 2 aromatic rings. The molecule has 6 heteroatoms. The second-order valence-corrected chi connectivity index (χ2v) is 5.71. The lowest BCUT2D eigenvalue weighted by atomic mass is 10.2. The second kappa shape index (κ2) is 5.36. The van der Waals surface area contributed by atoms with Crippen LogP contribution < -0.4 is 5.73 Å². The topological polar surface area (TPSA) is 43.8 Å². The van der Waals surface area contributed by atoms with Gasteiger partial charge in [-0.15, -0.1) is 0 Å². The van der Waals surface area contributed by atoms with Gasteiger partial charge in [-0.3, -0.25) is 0 Å². The molecule has 0 fully saturated rings. The molecule has 98 valence electrons. The van der Waals surface area contributed by atoms with Crippen molar-refractivity contribution in [3.05, 3.63) is 23.0 Å². The minimum atomic E-state index is -0.467. The monoisotopic (exact) mass is 287 g/mol. The van der Waals surface area contributed by atoms with Gasteiger partial charge in [-0.05, 0) is 24.0 Å². The fourth-order valence-corrected chi connectivity index (χ4v) is 2.81. The van der Waals surface area contributed by atoms with Crippen LogP contribution in [0.1, 0.15) is 6.92 Å². The predicted octanol–water partition coefficient (Wildman–Crippen LogP) is 3.41. The molecule has 2 rings (SSSR count). The number of nitrogen functional groups attached to an aromatic ring is 1. The van der Waals surface area contributed by atoms with Crippen LogP contribution >= 0.6 is 23.4 Å². The number of hydrogen-bond acceptors (Lipinski definition) is 3. The zero-order valence-electron chi connectivity index (χ0n) is 10.3. The lowest BCUT2D eigenvalue weighted by Gasteiger charge is -2.12. The van der Waals surface area contributed by atoms with Gasteiger partial charge in [0.25, 0.3) is 0 Å². The van der Waals surface area contributed by atoms with Crippen molar-refractivity contribution in [3.63, 3.8) is 0 Å². The molecule has 0 saturated heterocycles. The Morgan fingerprint density at radius 2 is 2.28 bits per heavy atom. The van der Waals surface area contributed by atoms with E-state index in [-0.39, 0.29) is 5.02 Å². The van der Waals surface area contributed by atoms with Gasteiger partial charge in [0.15, 0.2) is 0 Å². The number of imidazole rings is 1. The van der Waals surface area contributed by atoms with Gasteiger partial charge in [0.2, 0.25) is 5.95 Å². The molecule has 0 spiro atoms. The van der Waals surface area contributed by atoms with Gasteiger partial charge in [-0.1, -0.05) is 18.5 Å². The highest BCUT2D eigenvalue weighted by molar-refractivity contribution is 7.98. The fourth-order valence-electron chi connectivity index (χ4n) is 1.98. The van der Waals surface area contributed by atoms with Gasteiger partial charge in [-0.2, -0.15) is 11.8 Å². The van der Waals surface area contributed by atoms with E-state index in [1.807, 2.05) is 4.57 Å². The first-order chi connectivity index (χ1) is 8.52. The van der Waals surface area contributed by atoms with Crippen molar-refractivity contribution in [2.75, 3.05) is 17.7 Å². The van der Waals surface area contributed by atoms with Crippen molar-refractivity contribution < 1.29 is 4.39 Å². The molecule has 1 aromatic heterocycles. The average Bonchev–Trinajstić information content (AvgIpc) is 2.57. The van der Waals surface area contributed by atoms with Crippen molar-refractivity contribution in [2.45, 2.75) is 13.5 Å². The SMILES string of the molecule is CSCC(C)Cn1c(N)nc2cc(F)c(Cl)cc21. The molecular formula is C12H15ClFN3S. The average molecular weight is 288 g/mol. The number of aromatic nitrogens is 2. The number of fused-ring (bicyclic) bond motifs is 1. The van der Waals surface area contributed by atoms with E-state index < -0.39 is 5.82 Å². The molecule has 0 aliphatic heterocycles. The van der Waals surface area contributed by atoms with E-state index in [9.17, 15) is 4.39 Å². The quantitative estimate of drug-likeness (QED) is 0.937. The molecule has 18 heavy (non-hydrogen) atoms. The third-order valence-corrected chi connectivity index (χ3v) is 3.96. The van der Waals surface area contributed by atoms with Crippen LogP contribution in [0.15, 0.2) is 12.1 Å². The largest absolute Gasteiger partial charge is 0.369 e. The van der Waals surface area contributed by atoms with Crippen LogP contribution in [-0.4, -0.2) is 21.6 Å². The van der Waals surface area contributed by atoms with Crippen molar-refractivity contribution in [3.8, 4) is 0 Å². The van der Waals surface area contributed by atoms with E-state index >= 15 is 0 Å². The minimum absolute atomic E-state index is 0.0983. The van der Waals surface area contributed by atoms with Crippen LogP contribution in [0.25, 0.3) is 11.0 Å². The Kier molecular flexibility index (Phi) is 4.02. The van der Waals surface area contributed by atoms with Crippen LogP contribution in [0.3, 0.4) is 0 Å². The standard InChI is InChI=1S/C12H15ClFN3S/c1-7(6-18-2)5-17-11-3-8(13)9(14)4-10(11)16-12(17)15/h3-4,7H,5-6H2,1-2H3,(H2,15,16). The number of rotatable bonds is 4. The molecule has 0 aliphatic carbocycles. The molecule has 2 N–H and O–H groups in total. The van der Waals surface area contributed by atoms with Crippen LogP contribution in [-0.2, 0) is 6.54 Å². The third kappa shape index (κ3) is 2.57. The van der Waals surface area contributed by atoms with Gasteiger partial charge >= 0.3 is 0 Å². The lowest BCUT2D eigenvalue weighted by molar-refractivity contribution is 0.546. The molecule has 0 radical (unpaired) electrons.